The second-order valence-electron chi connectivity index (χ2n) is 3.36. The van der Waals surface area contributed by atoms with Crippen LogP contribution in [0.2, 0.25) is 5.02 Å². The first kappa shape index (κ1) is 11.5. The Kier molecular flexibility index (Phi) is 4.36. The van der Waals surface area contributed by atoms with Gasteiger partial charge in [-0.05, 0) is 43.5 Å². The fourth-order valence-electron chi connectivity index (χ4n) is 1.31. The highest BCUT2D eigenvalue weighted by Gasteiger charge is 2.06. The van der Waals surface area contributed by atoms with Gasteiger partial charge >= 0.3 is 0 Å². The van der Waals surface area contributed by atoms with Crippen molar-refractivity contribution in [3.63, 3.8) is 0 Å². The molecule has 0 spiro atoms. The number of halogens is 2. The van der Waals surface area contributed by atoms with Crippen molar-refractivity contribution < 1.29 is 4.39 Å². The highest BCUT2D eigenvalue weighted by atomic mass is 35.5. The lowest BCUT2D eigenvalue weighted by molar-refractivity contribution is 0.374. The van der Waals surface area contributed by atoms with Crippen LogP contribution in [-0.2, 0) is 6.42 Å². The second-order valence-corrected chi connectivity index (χ2v) is 3.77. The molecule has 1 rings (SSSR count). The zero-order valence-electron chi connectivity index (χ0n) is 8.26. The van der Waals surface area contributed by atoms with Gasteiger partial charge in [-0.25, -0.2) is 4.39 Å². The zero-order valence-corrected chi connectivity index (χ0v) is 9.02. The summed E-state index contributed by atoms with van der Waals surface area (Å²) in [6, 6.07) is 5.35. The SMILES string of the molecule is CC(F)c1ccc(CCCN)c(Cl)c1. The first-order chi connectivity index (χ1) is 6.65. The van der Waals surface area contributed by atoms with Gasteiger partial charge in [0.05, 0.1) is 0 Å². The molecular formula is C11H15ClFN. The van der Waals surface area contributed by atoms with Gasteiger partial charge in [-0.1, -0.05) is 23.7 Å². The van der Waals surface area contributed by atoms with Crippen molar-refractivity contribution in [1.82, 2.24) is 0 Å². The van der Waals surface area contributed by atoms with E-state index < -0.39 is 6.17 Å². The first-order valence-electron chi connectivity index (χ1n) is 4.77. The van der Waals surface area contributed by atoms with E-state index in [0.29, 0.717) is 17.1 Å². The maximum absolute atomic E-state index is 12.9. The van der Waals surface area contributed by atoms with Gasteiger partial charge < -0.3 is 5.73 Å². The molecule has 78 valence electrons. The van der Waals surface area contributed by atoms with E-state index in [1.807, 2.05) is 6.07 Å². The second kappa shape index (κ2) is 5.32. The Morgan fingerprint density at radius 2 is 2.21 bits per heavy atom. The molecule has 1 nitrogen and oxygen atoms in total. The molecule has 0 amide bonds. The van der Waals surface area contributed by atoms with E-state index in [4.69, 9.17) is 17.3 Å². The third kappa shape index (κ3) is 2.96. The molecular weight excluding hydrogens is 201 g/mol. The molecule has 0 aliphatic rings. The van der Waals surface area contributed by atoms with Crippen LogP contribution in [0.1, 0.15) is 30.6 Å². The molecule has 0 saturated heterocycles. The van der Waals surface area contributed by atoms with Crippen LogP contribution in [-0.4, -0.2) is 6.54 Å². The molecule has 3 heteroatoms. The predicted octanol–water partition coefficient (Wildman–Crippen LogP) is 3.26. The number of hydrogen-bond acceptors (Lipinski definition) is 1. The lowest BCUT2D eigenvalue weighted by atomic mass is 10.1. The van der Waals surface area contributed by atoms with Crippen LogP contribution in [0.3, 0.4) is 0 Å². The molecule has 0 bridgehead atoms. The van der Waals surface area contributed by atoms with Crippen molar-refractivity contribution in [2.75, 3.05) is 6.54 Å². The molecule has 2 N–H and O–H groups in total. The number of alkyl halides is 1. The van der Waals surface area contributed by atoms with Crippen LogP contribution in [0, 0.1) is 0 Å². The highest BCUT2D eigenvalue weighted by Crippen LogP contribution is 2.24. The minimum Gasteiger partial charge on any atom is -0.330 e. The van der Waals surface area contributed by atoms with E-state index in [2.05, 4.69) is 0 Å². The number of aryl methyl sites for hydroxylation is 1. The minimum absolute atomic E-state index is 0.631. The normalized spacial score (nSPS) is 12.9. The quantitative estimate of drug-likeness (QED) is 0.820. The van der Waals surface area contributed by atoms with Crippen molar-refractivity contribution in [2.45, 2.75) is 25.9 Å². The van der Waals surface area contributed by atoms with Gasteiger partial charge in [-0.2, -0.15) is 0 Å². The smallest absolute Gasteiger partial charge is 0.122 e. The maximum atomic E-state index is 12.9. The van der Waals surface area contributed by atoms with Crippen LogP contribution in [0.5, 0.6) is 0 Å². The Bertz CT molecular complexity index is 299. The van der Waals surface area contributed by atoms with E-state index in [0.717, 1.165) is 18.4 Å². The molecule has 0 aromatic heterocycles. The molecule has 0 aliphatic carbocycles. The van der Waals surface area contributed by atoms with E-state index in [1.165, 1.54) is 6.92 Å². The minimum atomic E-state index is -0.962. The summed E-state index contributed by atoms with van der Waals surface area (Å²) in [5.41, 5.74) is 7.08. The molecule has 0 radical (unpaired) electrons. The summed E-state index contributed by atoms with van der Waals surface area (Å²) in [6.07, 6.45) is 0.802. The summed E-state index contributed by atoms with van der Waals surface area (Å²) >= 11 is 6.00. The third-order valence-corrected chi connectivity index (χ3v) is 2.54. The topological polar surface area (TPSA) is 26.0 Å². The van der Waals surface area contributed by atoms with Crippen molar-refractivity contribution in [2.24, 2.45) is 5.73 Å². The van der Waals surface area contributed by atoms with Crippen molar-refractivity contribution in [3.8, 4) is 0 Å². The third-order valence-electron chi connectivity index (χ3n) is 2.19. The fourth-order valence-corrected chi connectivity index (χ4v) is 1.59. The first-order valence-corrected chi connectivity index (χ1v) is 5.15. The number of nitrogens with two attached hydrogens (primary N) is 1. The zero-order chi connectivity index (χ0) is 10.6. The standard InChI is InChI=1S/C11H15ClFN/c1-8(13)10-5-4-9(3-2-6-14)11(12)7-10/h4-5,7-8H,2-3,6,14H2,1H3. The molecule has 14 heavy (non-hydrogen) atoms. The summed E-state index contributed by atoms with van der Waals surface area (Å²) in [7, 11) is 0. The lowest BCUT2D eigenvalue weighted by Crippen LogP contribution is -2.01. The van der Waals surface area contributed by atoms with Gasteiger partial charge in [0.25, 0.3) is 0 Å². The van der Waals surface area contributed by atoms with Gasteiger partial charge in [0, 0.05) is 5.02 Å². The molecule has 0 heterocycles. The molecule has 1 aromatic rings. The van der Waals surface area contributed by atoms with Crippen LogP contribution < -0.4 is 5.73 Å². The predicted molar refractivity (Wildman–Crippen MR) is 58.4 cm³/mol. The highest BCUT2D eigenvalue weighted by molar-refractivity contribution is 6.31. The Balaban J connectivity index is 2.79. The number of benzene rings is 1. The van der Waals surface area contributed by atoms with Gasteiger partial charge in [-0.15, -0.1) is 0 Å². The Labute approximate surface area is 89.1 Å². The summed E-state index contributed by atoms with van der Waals surface area (Å²) in [5.74, 6) is 0. The van der Waals surface area contributed by atoms with Crippen LogP contribution in [0.15, 0.2) is 18.2 Å². The summed E-state index contributed by atoms with van der Waals surface area (Å²) in [6.45, 7) is 2.16. The van der Waals surface area contributed by atoms with Gasteiger partial charge in [0.15, 0.2) is 0 Å². The Morgan fingerprint density at radius 1 is 1.50 bits per heavy atom. The molecule has 1 aromatic carbocycles. The summed E-state index contributed by atoms with van der Waals surface area (Å²) < 4.78 is 12.9. The monoisotopic (exact) mass is 215 g/mol. The molecule has 1 unspecified atom stereocenters. The van der Waals surface area contributed by atoms with Crippen LogP contribution in [0.25, 0.3) is 0 Å². The Hall–Kier alpha value is -0.600. The van der Waals surface area contributed by atoms with Crippen molar-refractivity contribution >= 4 is 11.6 Å². The summed E-state index contributed by atoms with van der Waals surface area (Å²) in [4.78, 5) is 0. The van der Waals surface area contributed by atoms with E-state index >= 15 is 0 Å². The van der Waals surface area contributed by atoms with Gasteiger partial charge in [-0.3, -0.25) is 0 Å². The fraction of sp³-hybridized carbons (Fsp3) is 0.455. The molecule has 1 atom stereocenters. The maximum Gasteiger partial charge on any atom is 0.122 e. The Morgan fingerprint density at radius 3 is 2.71 bits per heavy atom. The van der Waals surface area contributed by atoms with Crippen LogP contribution in [0.4, 0.5) is 4.39 Å². The van der Waals surface area contributed by atoms with Crippen LogP contribution >= 0.6 is 11.6 Å². The number of rotatable bonds is 4. The molecule has 0 aliphatic heterocycles. The molecule has 0 saturated carbocycles. The van der Waals surface area contributed by atoms with Crippen molar-refractivity contribution in [3.05, 3.63) is 34.3 Å². The summed E-state index contributed by atoms with van der Waals surface area (Å²) in [5, 5.41) is 0.639. The van der Waals surface area contributed by atoms with Gasteiger partial charge in [0.1, 0.15) is 6.17 Å². The van der Waals surface area contributed by atoms with E-state index in [9.17, 15) is 4.39 Å². The van der Waals surface area contributed by atoms with E-state index in [1.54, 1.807) is 12.1 Å². The number of hydrogen-bond donors (Lipinski definition) is 1. The van der Waals surface area contributed by atoms with E-state index in [-0.39, 0.29) is 0 Å². The van der Waals surface area contributed by atoms with Crippen molar-refractivity contribution in [1.29, 1.82) is 0 Å². The van der Waals surface area contributed by atoms with Gasteiger partial charge in [0.2, 0.25) is 0 Å². The average molecular weight is 216 g/mol. The molecule has 0 fully saturated rings. The average Bonchev–Trinajstić information content (AvgIpc) is 2.15. The lowest BCUT2D eigenvalue weighted by Gasteiger charge is -2.07. The largest absolute Gasteiger partial charge is 0.330 e.